The number of morpholine rings is 1. The molecule has 1 fully saturated rings. The van der Waals surface area contributed by atoms with Gasteiger partial charge in [0.1, 0.15) is 5.76 Å². The van der Waals surface area contributed by atoms with Gasteiger partial charge in [0.2, 0.25) is 0 Å². The van der Waals surface area contributed by atoms with Gasteiger partial charge in [-0.1, -0.05) is 12.1 Å². The highest BCUT2D eigenvalue weighted by Gasteiger charge is 2.16. The molecule has 0 radical (unpaired) electrons. The van der Waals surface area contributed by atoms with E-state index in [1.165, 1.54) is 5.56 Å². The SMILES string of the molecule is Cc1ccc2cc(CN(CCCN3CCOCC3)C(=S)NCc3ccco3)c(=O)[nH]c2c1C. The average molecular weight is 469 g/mol. The lowest BCUT2D eigenvalue weighted by molar-refractivity contribution is 0.0367. The highest BCUT2D eigenvalue weighted by molar-refractivity contribution is 7.80. The molecule has 3 heterocycles. The van der Waals surface area contributed by atoms with Crippen LogP contribution in [0.4, 0.5) is 0 Å². The monoisotopic (exact) mass is 468 g/mol. The Morgan fingerprint density at radius 2 is 2.06 bits per heavy atom. The molecule has 2 N–H and O–H groups in total. The number of hydrogen-bond donors (Lipinski definition) is 2. The number of pyridine rings is 1. The standard InChI is InChI=1S/C25H32N4O3S/c1-18-6-7-20-15-21(24(30)27-23(20)19(18)2)17-29(9-4-8-28-10-13-31-14-11-28)25(33)26-16-22-5-3-12-32-22/h3,5-7,12,15H,4,8-11,13-14,16-17H2,1-2H3,(H,26,33)(H,27,30). The first-order chi connectivity index (χ1) is 16.0. The number of hydrogen-bond acceptors (Lipinski definition) is 5. The summed E-state index contributed by atoms with van der Waals surface area (Å²) in [4.78, 5) is 20.5. The molecule has 33 heavy (non-hydrogen) atoms. The summed E-state index contributed by atoms with van der Waals surface area (Å²) < 4.78 is 10.9. The minimum Gasteiger partial charge on any atom is -0.467 e. The number of aromatic amines is 1. The third-order valence-corrected chi connectivity index (χ3v) is 6.68. The van der Waals surface area contributed by atoms with Gasteiger partial charge in [-0.25, -0.2) is 0 Å². The number of aryl methyl sites for hydroxylation is 2. The molecule has 3 aromatic rings. The van der Waals surface area contributed by atoms with Crippen LogP contribution in [-0.2, 0) is 17.8 Å². The van der Waals surface area contributed by atoms with Gasteiger partial charge in [0.15, 0.2) is 5.11 Å². The van der Waals surface area contributed by atoms with Crippen molar-refractivity contribution in [3.63, 3.8) is 0 Å². The number of nitrogens with one attached hydrogen (secondary N) is 2. The zero-order valence-electron chi connectivity index (χ0n) is 19.4. The molecule has 176 valence electrons. The highest BCUT2D eigenvalue weighted by Crippen LogP contribution is 2.19. The van der Waals surface area contributed by atoms with E-state index < -0.39 is 0 Å². The molecular weight excluding hydrogens is 436 g/mol. The Bertz CT molecular complexity index is 1140. The minimum absolute atomic E-state index is 0.0665. The normalized spacial score (nSPS) is 14.5. The van der Waals surface area contributed by atoms with E-state index in [1.54, 1.807) is 6.26 Å². The van der Waals surface area contributed by atoms with Crippen LogP contribution in [-0.4, -0.2) is 59.3 Å². The molecule has 2 aromatic heterocycles. The number of H-pyrrole nitrogens is 1. The van der Waals surface area contributed by atoms with Crippen LogP contribution in [0.2, 0.25) is 0 Å². The first-order valence-corrected chi connectivity index (χ1v) is 11.9. The smallest absolute Gasteiger partial charge is 0.253 e. The summed E-state index contributed by atoms with van der Waals surface area (Å²) >= 11 is 5.72. The largest absolute Gasteiger partial charge is 0.467 e. The fourth-order valence-corrected chi connectivity index (χ4v) is 4.37. The van der Waals surface area contributed by atoms with E-state index in [1.807, 2.05) is 25.1 Å². The average Bonchev–Trinajstić information content (AvgIpc) is 3.35. The highest BCUT2D eigenvalue weighted by atomic mass is 32.1. The van der Waals surface area contributed by atoms with Gasteiger partial charge in [0.05, 0.1) is 38.1 Å². The maximum Gasteiger partial charge on any atom is 0.253 e. The summed E-state index contributed by atoms with van der Waals surface area (Å²) in [5, 5.41) is 4.94. The summed E-state index contributed by atoms with van der Waals surface area (Å²) in [6, 6.07) is 9.92. The number of furan rings is 1. The van der Waals surface area contributed by atoms with E-state index >= 15 is 0 Å². The number of thiocarbonyl (C=S) groups is 1. The van der Waals surface area contributed by atoms with Gasteiger partial charge in [-0.2, -0.15) is 0 Å². The van der Waals surface area contributed by atoms with Crippen molar-refractivity contribution in [1.29, 1.82) is 0 Å². The number of ether oxygens (including phenoxy) is 1. The second kappa shape index (κ2) is 11.0. The van der Waals surface area contributed by atoms with Crippen molar-refractivity contribution in [2.24, 2.45) is 0 Å². The molecule has 0 amide bonds. The molecule has 0 unspecified atom stereocenters. The Morgan fingerprint density at radius 3 is 2.82 bits per heavy atom. The first kappa shape index (κ1) is 23.5. The lowest BCUT2D eigenvalue weighted by Crippen LogP contribution is -2.42. The molecule has 1 saturated heterocycles. The van der Waals surface area contributed by atoms with Crippen molar-refractivity contribution in [3.05, 3.63) is 69.4 Å². The van der Waals surface area contributed by atoms with E-state index in [-0.39, 0.29) is 5.56 Å². The molecule has 4 rings (SSSR count). The molecule has 0 aliphatic carbocycles. The van der Waals surface area contributed by atoms with Crippen LogP contribution in [0.1, 0.15) is 28.9 Å². The predicted molar refractivity (Wildman–Crippen MR) is 134 cm³/mol. The summed E-state index contributed by atoms with van der Waals surface area (Å²) in [5.74, 6) is 0.819. The molecule has 0 spiro atoms. The van der Waals surface area contributed by atoms with Gasteiger partial charge < -0.3 is 24.4 Å². The Kier molecular flexibility index (Phi) is 7.80. The zero-order valence-corrected chi connectivity index (χ0v) is 20.2. The van der Waals surface area contributed by atoms with Gasteiger partial charge in [0.25, 0.3) is 5.56 Å². The van der Waals surface area contributed by atoms with Crippen LogP contribution in [0.15, 0.2) is 45.8 Å². The Labute approximate surface area is 199 Å². The number of nitrogens with zero attached hydrogens (tertiary/aromatic N) is 2. The lowest BCUT2D eigenvalue weighted by atomic mass is 10.0. The second-order valence-corrected chi connectivity index (χ2v) is 8.95. The molecular formula is C25H32N4O3S. The molecule has 1 aromatic carbocycles. The van der Waals surface area contributed by atoms with E-state index in [2.05, 4.69) is 39.2 Å². The van der Waals surface area contributed by atoms with Crippen molar-refractivity contribution in [2.75, 3.05) is 39.4 Å². The van der Waals surface area contributed by atoms with Crippen LogP contribution in [0.5, 0.6) is 0 Å². The number of fused-ring (bicyclic) bond motifs is 1. The summed E-state index contributed by atoms with van der Waals surface area (Å²) in [6.07, 6.45) is 2.60. The number of benzene rings is 1. The topological polar surface area (TPSA) is 73.7 Å². The van der Waals surface area contributed by atoms with Gasteiger partial charge >= 0.3 is 0 Å². The lowest BCUT2D eigenvalue weighted by Gasteiger charge is -2.29. The third kappa shape index (κ3) is 6.01. The maximum atomic E-state index is 12.9. The number of aromatic nitrogens is 1. The molecule has 1 aliphatic rings. The zero-order chi connectivity index (χ0) is 23.2. The van der Waals surface area contributed by atoms with Crippen LogP contribution >= 0.6 is 12.2 Å². The van der Waals surface area contributed by atoms with Gasteiger partial charge in [-0.15, -0.1) is 0 Å². The predicted octanol–water partition coefficient (Wildman–Crippen LogP) is 3.34. The van der Waals surface area contributed by atoms with Crippen LogP contribution in [0.3, 0.4) is 0 Å². The van der Waals surface area contributed by atoms with Gasteiger partial charge in [-0.05, 0) is 67.2 Å². The second-order valence-electron chi connectivity index (χ2n) is 8.56. The fraction of sp³-hybridized carbons (Fsp3) is 0.440. The Hall–Kier alpha value is -2.68. The van der Waals surface area contributed by atoms with Crippen LogP contribution in [0.25, 0.3) is 10.9 Å². The third-order valence-electron chi connectivity index (χ3n) is 6.28. The summed E-state index contributed by atoms with van der Waals surface area (Å²) in [5.41, 5.74) is 3.82. The van der Waals surface area contributed by atoms with Crippen molar-refractivity contribution in [3.8, 4) is 0 Å². The van der Waals surface area contributed by atoms with E-state index in [9.17, 15) is 4.79 Å². The van der Waals surface area contributed by atoms with Crippen molar-refractivity contribution >= 4 is 28.2 Å². The molecule has 0 atom stereocenters. The van der Waals surface area contributed by atoms with Crippen LogP contribution < -0.4 is 10.9 Å². The van der Waals surface area contributed by atoms with Crippen molar-refractivity contribution in [2.45, 2.75) is 33.4 Å². The number of rotatable bonds is 8. The molecule has 0 bridgehead atoms. The quantitative estimate of drug-likeness (QED) is 0.491. The summed E-state index contributed by atoms with van der Waals surface area (Å²) in [7, 11) is 0. The minimum atomic E-state index is -0.0665. The summed E-state index contributed by atoms with van der Waals surface area (Å²) in [6.45, 7) is 10.3. The van der Waals surface area contributed by atoms with E-state index in [4.69, 9.17) is 21.4 Å². The van der Waals surface area contributed by atoms with Gasteiger partial charge in [-0.3, -0.25) is 9.69 Å². The van der Waals surface area contributed by atoms with Crippen molar-refractivity contribution < 1.29 is 9.15 Å². The molecule has 8 heteroatoms. The Morgan fingerprint density at radius 1 is 1.24 bits per heavy atom. The van der Waals surface area contributed by atoms with E-state index in [0.717, 1.165) is 68.0 Å². The molecule has 7 nitrogen and oxygen atoms in total. The first-order valence-electron chi connectivity index (χ1n) is 11.5. The fourth-order valence-electron chi connectivity index (χ4n) is 4.14. The Balaban J connectivity index is 1.48. The maximum absolute atomic E-state index is 12.9. The van der Waals surface area contributed by atoms with Crippen LogP contribution in [0, 0.1) is 13.8 Å². The molecule has 0 saturated carbocycles. The van der Waals surface area contributed by atoms with E-state index in [0.29, 0.717) is 23.8 Å². The van der Waals surface area contributed by atoms with Gasteiger partial charge in [0, 0.05) is 31.7 Å². The molecule has 1 aliphatic heterocycles. The van der Waals surface area contributed by atoms with Crippen molar-refractivity contribution in [1.82, 2.24) is 20.1 Å².